The Labute approximate surface area is 172 Å². The van der Waals surface area contributed by atoms with Crippen LogP contribution in [0.15, 0.2) is 41.9 Å². The highest BCUT2D eigenvalue weighted by atomic mass is 127. The van der Waals surface area contributed by atoms with E-state index in [1.54, 1.807) is 19.7 Å². The van der Waals surface area contributed by atoms with Gasteiger partial charge in [0.2, 0.25) is 0 Å². The summed E-state index contributed by atoms with van der Waals surface area (Å²) in [6.07, 6.45) is 5.62. The summed E-state index contributed by atoms with van der Waals surface area (Å²) in [5.74, 6) is 1.82. The van der Waals surface area contributed by atoms with E-state index in [9.17, 15) is 0 Å². The van der Waals surface area contributed by atoms with Crippen molar-refractivity contribution in [1.29, 1.82) is 0 Å². The number of hydrogen-bond acceptors (Lipinski definition) is 4. The van der Waals surface area contributed by atoms with Crippen molar-refractivity contribution in [3.8, 4) is 5.75 Å². The zero-order valence-corrected chi connectivity index (χ0v) is 18.1. The molecule has 8 heteroatoms. The van der Waals surface area contributed by atoms with Crippen LogP contribution in [-0.4, -0.2) is 59.4 Å². The van der Waals surface area contributed by atoms with Gasteiger partial charge in [-0.1, -0.05) is 18.2 Å². The van der Waals surface area contributed by atoms with Gasteiger partial charge in [0.1, 0.15) is 25.0 Å². The van der Waals surface area contributed by atoms with Crippen molar-refractivity contribution in [2.45, 2.75) is 26.3 Å². The summed E-state index contributed by atoms with van der Waals surface area (Å²) in [7, 11) is 3.83. The molecule has 0 saturated carbocycles. The lowest BCUT2D eigenvalue weighted by atomic mass is 10.2. The molecule has 0 amide bonds. The van der Waals surface area contributed by atoms with Gasteiger partial charge in [0.25, 0.3) is 0 Å². The van der Waals surface area contributed by atoms with E-state index in [0.717, 1.165) is 49.7 Å². The molecule has 1 heterocycles. The Balaban J connectivity index is 0.00000338. The predicted octanol–water partition coefficient (Wildman–Crippen LogP) is 2.57. The van der Waals surface area contributed by atoms with Gasteiger partial charge in [0.15, 0.2) is 5.96 Å². The van der Waals surface area contributed by atoms with Crippen molar-refractivity contribution in [3.05, 3.63) is 42.5 Å². The number of hydrogen-bond donors (Lipinski definition) is 1. The van der Waals surface area contributed by atoms with Gasteiger partial charge in [-0.05, 0) is 31.4 Å². The van der Waals surface area contributed by atoms with Crippen LogP contribution in [0.4, 0.5) is 0 Å². The third-order valence-corrected chi connectivity index (χ3v) is 3.94. The number of nitrogens with one attached hydrogen (secondary N) is 1. The third-order valence-electron chi connectivity index (χ3n) is 3.94. The Morgan fingerprint density at radius 1 is 1.23 bits per heavy atom. The monoisotopic (exact) mass is 472 g/mol. The maximum absolute atomic E-state index is 5.85. The first kappa shape index (κ1) is 22.2. The van der Waals surface area contributed by atoms with Crippen LogP contribution >= 0.6 is 24.0 Å². The van der Waals surface area contributed by atoms with E-state index in [2.05, 4.69) is 38.4 Å². The lowest BCUT2D eigenvalue weighted by Gasteiger charge is -2.22. The molecule has 0 aliphatic heterocycles. The number of unbranched alkanes of at least 4 members (excludes halogenated alkanes) is 1. The number of nitrogens with zero attached hydrogens (tertiary/aromatic N) is 5. The highest BCUT2D eigenvalue weighted by Gasteiger charge is 2.06. The van der Waals surface area contributed by atoms with Crippen molar-refractivity contribution in [3.63, 3.8) is 0 Å². The molecule has 2 aromatic rings. The van der Waals surface area contributed by atoms with E-state index >= 15 is 0 Å². The summed E-state index contributed by atoms with van der Waals surface area (Å²) < 4.78 is 7.84. The largest absolute Gasteiger partial charge is 0.491 e. The molecule has 0 fully saturated rings. The SMILES string of the molecule is CN=C(NCCCCn1cnnc1)N(C)CCOc1ccccc1C.I. The summed E-state index contributed by atoms with van der Waals surface area (Å²) in [6, 6.07) is 8.06. The van der Waals surface area contributed by atoms with E-state index in [-0.39, 0.29) is 24.0 Å². The molecular formula is C18H29IN6O. The van der Waals surface area contributed by atoms with Crippen LogP contribution < -0.4 is 10.1 Å². The van der Waals surface area contributed by atoms with Gasteiger partial charge in [-0.15, -0.1) is 34.2 Å². The van der Waals surface area contributed by atoms with Gasteiger partial charge in [0.05, 0.1) is 6.54 Å². The Hall–Kier alpha value is -1.84. The number of halogens is 1. The first-order valence-electron chi connectivity index (χ1n) is 8.63. The molecule has 1 aromatic carbocycles. The molecule has 1 N–H and O–H groups in total. The summed E-state index contributed by atoms with van der Waals surface area (Å²) in [6.45, 7) is 5.27. The summed E-state index contributed by atoms with van der Waals surface area (Å²) >= 11 is 0. The van der Waals surface area contributed by atoms with Crippen LogP contribution in [0.2, 0.25) is 0 Å². The fourth-order valence-electron chi connectivity index (χ4n) is 2.46. The Morgan fingerprint density at radius 2 is 1.96 bits per heavy atom. The topological polar surface area (TPSA) is 67.6 Å². The van der Waals surface area contributed by atoms with Gasteiger partial charge in [0, 0.05) is 27.2 Å². The van der Waals surface area contributed by atoms with Crippen LogP contribution in [-0.2, 0) is 6.54 Å². The highest BCUT2D eigenvalue weighted by molar-refractivity contribution is 14.0. The number of aromatic nitrogens is 3. The lowest BCUT2D eigenvalue weighted by molar-refractivity contribution is 0.280. The van der Waals surface area contributed by atoms with E-state index in [1.165, 1.54) is 0 Å². The zero-order valence-electron chi connectivity index (χ0n) is 15.8. The van der Waals surface area contributed by atoms with Gasteiger partial charge in [-0.25, -0.2) is 0 Å². The van der Waals surface area contributed by atoms with Crippen molar-refractivity contribution in [1.82, 2.24) is 25.0 Å². The highest BCUT2D eigenvalue weighted by Crippen LogP contribution is 2.15. The average Bonchev–Trinajstić information content (AvgIpc) is 3.13. The molecule has 0 saturated heterocycles. The minimum absolute atomic E-state index is 0. The normalized spacial score (nSPS) is 11.0. The number of benzene rings is 1. The predicted molar refractivity (Wildman–Crippen MR) is 115 cm³/mol. The van der Waals surface area contributed by atoms with E-state index in [4.69, 9.17) is 4.74 Å². The average molecular weight is 472 g/mol. The van der Waals surface area contributed by atoms with Crippen molar-refractivity contribution in [2.24, 2.45) is 4.99 Å². The van der Waals surface area contributed by atoms with Gasteiger partial charge in [-0.3, -0.25) is 4.99 Å². The minimum atomic E-state index is 0. The molecule has 26 heavy (non-hydrogen) atoms. The molecule has 0 bridgehead atoms. The van der Waals surface area contributed by atoms with Crippen molar-refractivity contribution >= 4 is 29.9 Å². The van der Waals surface area contributed by atoms with Crippen LogP contribution in [0.1, 0.15) is 18.4 Å². The molecular weight excluding hydrogens is 443 g/mol. The number of ether oxygens (including phenoxy) is 1. The maximum atomic E-state index is 5.85. The Kier molecular flexibility index (Phi) is 10.7. The van der Waals surface area contributed by atoms with Crippen LogP contribution in [0, 0.1) is 6.92 Å². The number of likely N-dealkylation sites (N-methyl/N-ethyl adjacent to an activating group) is 1. The minimum Gasteiger partial charge on any atom is -0.491 e. The summed E-state index contributed by atoms with van der Waals surface area (Å²) in [5, 5.41) is 11.0. The molecule has 144 valence electrons. The van der Waals surface area contributed by atoms with Gasteiger partial charge >= 0.3 is 0 Å². The fourth-order valence-corrected chi connectivity index (χ4v) is 2.46. The van der Waals surface area contributed by atoms with E-state index < -0.39 is 0 Å². The van der Waals surface area contributed by atoms with Gasteiger partial charge < -0.3 is 19.5 Å². The molecule has 1 aromatic heterocycles. The molecule has 2 rings (SSSR count). The van der Waals surface area contributed by atoms with E-state index in [0.29, 0.717) is 6.61 Å². The number of para-hydroxylation sites is 1. The standard InChI is InChI=1S/C18H28N6O.HI/c1-16-8-4-5-9-17(16)25-13-12-23(3)18(19-2)20-10-6-7-11-24-14-21-22-15-24;/h4-5,8-9,14-15H,6-7,10-13H2,1-3H3,(H,19,20);1H. The second-order valence-electron chi connectivity index (χ2n) is 5.92. The third kappa shape index (κ3) is 7.59. The molecule has 0 radical (unpaired) electrons. The first-order chi connectivity index (χ1) is 12.2. The van der Waals surface area contributed by atoms with Crippen LogP contribution in [0.25, 0.3) is 0 Å². The molecule has 0 spiro atoms. The van der Waals surface area contributed by atoms with Crippen molar-refractivity contribution in [2.75, 3.05) is 33.8 Å². The molecule has 0 aliphatic carbocycles. The number of aliphatic imine (C=N–C) groups is 1. The Morgan fingerprint density at radius 3 is 2.65 bits per heavy atom. The lowest BCUT2D eigenvalue weighted by Crippen LogP contribution is -2.41. The van der Waals surface area contributed by atoms with Crippen LogP contribution in [0.5, 0.6) is 5.75 Å². The quantitative estimate of drug-likeness (QED) is 0.263. The van der Waals surface area contributed by atoms with Gasteiger partial charge in [-0.2, -0.15) is 0 Å². The zero-order chi connectivity index (χ0) is 17.9. The van der Waals surface area contributed by atoms with Crippen LogP contribution in [0.3, 0.4) is 0 Å². The summed E-state index contributed by atoms with van der Waals surface area (Å²) in [5.41, 5.74) is 1.15. The number of guanidine groups is 1. The number of rotatable bonds is 9. The van der Waals surface area contributed by atoms with Crippen molar-refractivity contribution < 1.29 is 4.74 Å². The second-order valence-corrected chi connectivity index (χ2v) is 5.92. The van der Waals surface area contributed by atoms with E-state index in [1.807, 2.05) is 29.8 Å². The second kappa shape index (κ2) is 12.5. The molecule has 0 atom stereocenters. The fraction of sp³-hybridized carbons (Fsp3) is 0.500. The molecule has 0 unspecified atom stereocenters. The molecule has 7 nitrogen and oxygen atoms in total. The molecule has 0 aliphatic rings. The number of aryl methyl sites for hydroxylation is 2. The Bertz CT molecular complexity index is 647. The first-order valence-corrected chi connectivity index (χ1v) is 8.63. The summed E-state index contributed by atoms with van der Waals surface area (Å²) in [4.78, 5) is 6.41. The smallest absolute Gasteiger partial charge is 0.193 e. The maximum Gasteiger partial charge on any atom is 0.193 e.